The second-order valence-corrected chi connectivity index (χ2v) is 6.07. The maximum Gasteiger partial charge on any atom is 0.230 e. The van der Waals surface area contributed by atoms with Gasteiger partial charge in [0.2, 0.25) is 5.91 Å². The Labute approximate surface area is 157 Å². The molecule has 0 aliphatic rings. The summed E-state index contributed by atoms with van der Waals surface area (Å²) >= 11 is 5.94. The molecule has 6 heteroatoms. The molecule has 1 amide bonds. The number of benzene rings is 2. The Morgan fingerprint density at radius 1 is 1.08 bits per heavy atom. The van der Waals surface area contributed by atoms with Crippen LogP contribution in [0.4, 0.5) is 5.69 Å². The van der Waals surface area contributed by atoms with Crippen molar-refractivity contribution in [3.63, 3.8) is 0 Å². The largest absolute Gasteiger partial charge is 0.497 e. The lowest BCUT2D eigenvalue weighted by atomic mass is 10.2. The number of methoxy groups -OCH3 is 2. The van der Waals surface area contributed by atoms with Crippen LogP contribution in [0.2, 0.25) is 5.02 Å². The normalized spacial score (nSPS) is 10.4. The van der Waals surface area contributed by atoms with E-state index in [1.807, 2.05) is 47.2 Å². The molecule has 0 unspecified atom stereocenters. The van der Waals surface area contributed by atoms with Gasteiger partial charge in [-0.3, -0.25) is 4.79 Å². The third-order valence-electron chi connectivity index (χ3n) is 3.96. The van der Waals surface area contributed by atoms with Crippen molar-refractivity contribution in [3.05, 3.63) is 71.5 Å². The lowest BCUT2D eigenvalue weighted by Crippen LogP contribution is -2.17. The van der Waals surface area contributed by atoms with E-state index in [9.17, 15) is 4.79 Å². The molecule has 2 aromatic carbocycles. The van der Waals surface area contributed by atoms with Crippen LogP contribution in [-0.2, 0) is 11.2 Å². The molecule has 3 aromatic rings. The van der Waals surface area contributed by atoms with Gasteiger partial charge in [0.05, 0.1) is 26.3 Å². The van der Waals surface area contributed by atoms with Crippen LogP contribution < -0.4 is 14.8 Å². The number of ether oxygens (including phenoxy) is 2. The van der Waals surface area contributed by atoms with E-state index in [1.165, 1.54) is 0 Å². The van der Waals surface area contributed by atoms with Crippen LogP contribution in [0.25, 0.3) is 5.69 Å². The molecule has 3 rings (SSSR count). The Balaban J connectivity index is 1.76. The van der Waals surface area contributed by atoms with Gasteiger partial charge in [0.1, 0.15) is 11.5 Å². The summed E-state index contributed by atoms with van der Waals surface area (Å²) in [5, 5.41) is 3.56. The number of rotatable bonds is 6. The van der Waals surface area contributed by atoms with Gasteiger partial charge in [-0.1, -0.05) is 11.6 Å². The summed E-state index contributed by atoms with van der Waals surface area (Å²) in [7, 11) is 3.13. The summed E-state index contributed by atoms with van der Waals surface area (Å²) < 4.78 is 12.4. The predicted molar refractivity (Wildman–Crippen MR) is 103 cm³/mol. The monoisotopic (exact) mass is 370 g/mol. The third-order valence-corrected chi connectivity index (χ3v) is 4.21. The summed E-state index contributed by atoms with van der Waals surface area (Å²) in [6.45, 7) is 0. The minimum absolute atomic E-state index is 0.137. The Morgan fingerprint density at radius 3 is 2.54 bits per heavy atom. The number of nitrogens with zero attached hydrogens (tertiary/aromatic N) is 1. The number of carbonyl (C=O) groups excluding carboxylic acids is 1. The quantitative estimate of drug-likeness (QED) is 0.702. The van der Waals surface area contributed by atoms with E-state index in [-0.39, 0.29) is 12.3 Å². The molecule has 0 bridgehead atoms. The molecule has 5 nitrogen and oxygen atoms in total. The average Bonchev–Trinajstić information content (AvgIpc) is 3.10. The van der Waals surface area contributed by atoms with Gasteiger partial charge in [0, 0.05) is 28.7 Å². The van der Waals surface area contributed by atoms with Crippen LogP contribution in [0, 0.1) is 0 Å². The standard InChI is InChI=1S/C20H19ClN2O3/c1-25-17-9-10-18(19(13-17)26-2)22-20(24)12-16-4-3-11-23(16)15-7-5-14(21)6-8-15/h3-11,13H,12H2,1-2H3,(H,22,24). The third kappa shape index (κ3) is 4.00. The highest BCUT2D eigenvalue weighted by Crippen LogP contribution is 2.29. The van der Waals surface area contributed by atoms with Gasteiger partial charge in [0.25, 0.3) is 0 Å². The summed E-state index contributed by atoms with van der Waals surface area (Å²) in [4.78, 5) is 12.5. The van der Waals surface area contributed by atoms with E-state index >= 15 is 0 Å². The second kappa shape index (κ2) is 7.97. The van der Waals surface area contributed by atoms with E-state index in [2.05, 4.69) is 5.32 Å². The van der Waals surface area contributed by atoms with Crippen molar-refractivity contribution in [3.8, 4) is 17.2 Å². The summed E-state index contributed by atoms with van der Waals surface area (Å²) in [5.74, 6) is 1.07. The van der Waals surface area contributed by atoms with Gasteiger partial charge in [-0.05, 0) is 48.5 Å². The summed E-state index contributed by atoms with van der Waals surface area (Å²) in [6, 6.07) is 16.6. The van der Waals surface area contributed by atoms with E-state index < -0.39 is 0 Å². The predicted octanol–water partition coefficient (Wildman–Crippen LogP) is 4.33. The number of nitrogens with one attached hydrogen (secondary N) is 1. The second-order valence-electron chi connectivity index (χ2n) is 5.64. The topological polar surface area (TPSA) is 52.5 Å². The van der Waals surface area contributed by atoms with Crippen molar-refractivity contribution in [2.45, 2.75) is 6.42 Å². The average molecular weight is 371 g/mol. The maximum atomic E-state index is 12.5. The van der Waals surface area contributed by atoms with Crippen LogP contribution in [0.5, 0.6) is 11.5 Å². The highest BCUT2D eigenvalue weighted by molar-refractivity contribution is 6.30. The van der Waals surface area contributed by atoms with Gasteiger partial charge in [0.15, 0.2) is 0 Å². The number of hydrogen-bond acceptors (Lipinski definition) is 3. The van der Waals surface area contributed by atoms with Gasteiger partial charge >= 0.3 is 0 Å². The zero-order chi connectivity index (χ0) is 18.5. The molecular formula is C20H19ClN2O3. The van der Waals surface area contributed by atoms with Crippen molar-refractivity contribution < 1.29 is 14.3 Å². The first-order valence-electron chi connectivity index (χ1n) is 8.05. The first kappa shape index (κ1) is 17.9. The van der Waals surface area contributed by atoms with Crippen LogP contribution in [0.3, 0.4) is 0 Å². The lowest BCUT2D eigenvalue weighted by Gasteiger charge is -2.13. The molecule has 0 fully saturated rings. The van der Waals surface area contributed by atoms with Crippen molar-refractivity contribution in [1.29, 1.82) is 0 Å². The van der Waals surface area contributed by atoms with E-state index in [1.54, 1.807) is 32.4 Å². The molecule has 1 heterocycles. The summed E-state index contributed by atoms with van der Waals surface area (Å²) in [5.41, 5.74) is 2.42. The van der Waals surface area contributed by atoms with Crippen LogP contribution >= 0.6 is 11.6 Å². The summed E-state index contributed by atoms with van der Waals surface area (Å²) in [6.07, 6.45) is 2.14. The van der Waals surface area contributed by atoms with Crippen molar-refractivity contribution >= 4 is 23.2 Å². The fraction of sp³-hybridized carbons (Fsp3) is 0.150. The molecule has 0 saturated heterocycles. The first-order valence-corrected chi connectivity index (χ1v) is 8.42. The zero-order valence-electron chi connectivity index (χ0n) is 14.5. The molecule has 0 spiro atoms. The van der Waals surface area contributed by atoms with Crippen molar-refractivity contribution in [1.82, 2.24) is 4.57 Å². The minimum atomic E-state index is -0.137. The van der Waals surface area contributed by atoms with Gasteiger partial charge in [-0.25, -0.2) is 0 Å². The van der Waals surface area contributed by atoms with Crippen LogP contribution in [0.1, 0.15) is 5.69 Å². The molecule has 0 aliphatic heterocycles. The zero-order valence-corrected chi connectivity index (χ0v) is 15.3. The van der Waals surface area contributed by atoms with Crippen molar-refractivity contribution in [2.75, 3.05) is 19.5 Å². The van der Waals surface area contributed by atoms with Crippen LogP contribution in [-0.4, -0.2) is 24.7 Å². The van der Waals surface area contributed by atoms with E-state index in [0.717, 1.165) is 11.4 Å². The maximum absolute atomic E-state index is 12.5. The lowest BCUT2D eigenvalue weighted by molar-refractivity contribution is -0.115. The SMILES string of the molecule is COc1ccc(NC(=O)Cc2cccn2-c2ccc(Cl)cc2)c(OC)c1. The molecule has 0 saturated carbocycles. The molecule has 1 N–H and O–H groups in total. The Morgan fingerprint density at radius 2 is 1.85 bits per heavy atom. The molecule has 0 aliphatic carbocycles. The highest BCUT2D eigenvalue weighted by atomic mass is 35.5. The molecular weight excluding hydrogens is 352 g/mol. The minimum Gasteiger partial charge on any atom is -0.497 e. The van der Waals surface area contributed by atoms with Crippen LogP contribution in [0.15, 0.2) is 60.8 Å². The smallest absolute Gasteiger partial charge is 0.230 e. The Hall–Kier alpha value is -2.92. The van der Waals surface area contributed by atoms with E-state index in [4.69, 9.17) is 21.1 Å². The molecule has 134 valence electrons. The van der Waals surface area contributed by atoms with Gasteiger partial charge in [-0.2, -0.15) is 0 Å². The van der Waals surface area contributed by atoms with Gasteiger partial charge in [-0.15, -0.1) is 0 Å². The highest BCUT2D eigenvalue weighted by Gasteiger charge is 2.12. The number of carbonyl (C=O) groups is 1. The Kier molecular flexibility index (Phi) is 5.49. The number of halogens is 1. The van der Waals surface area contributed by atoms with Crippen molar-refractivity contribution in [2.24, 2.45) is 0 Å². The number of aromatic nitrogens is 1. The van der Waals surface area contributed by atoms with Gasteiger partial charge < -0.3 is 19.4 Å². The number of anilines is 1. The molecule has 0 radical (unpaired) electrons. The first-order chi connectivity index (χ1) is 12.6. The Bertz CT molecular complexity index is 904. The molecule has 1 aromatic heterocycles. The fourth-order valence-corrected chi connectivity index (χ4v) is 2.80. The number of amides is 1. The molecule has 0 atom stereocenters. The number of hydrogen-bond donors (Lipinski definition) is 1. The molecule has 26 heavy (non-hydrogen) atoms. The van der Waals surface area contributed by atoms with E-state index in [0.29, 0.717) is 22.2 Å². The fourth-order valence-electron chi connectivity index (χ4n) is 2.67.